The number of amides is 2. The van der Waals surface area contributed by atoms with Crippen molar-refractivity contribution >= 4 is 28.3 Å². The lowest BCUT2D eigenvalue weighted by molar-refractivity contribution is -0.118. The van der Waals surface area contributed by atoms with Gasteiger partial charge in [0.05, 0.1) is 11.3 Å². The van der Waals surface area contributed by atoms with Crippen LogP contribution >= 0.6 is 0 Å². The van der Waals surface area contributed by atoms with Gasteiger partial charge in [0.2, 0.25) is 0 Å². The van der Waals surface area contributed by atoms with Crippen LogP contribution in [0.5, 0.6) is 5.75 Å². The Morgan fingerprint density at radius 2 is 1.50 bits per heavy atom. The Hall–Kier alpha value is -4.12. The smallest absolute Gasteiger partial charge is 0.262 e. The predicted octanol–water partition coefficient (Wildman–Crippen LogP) is 5.13. The van der Waals surface area contributed by atoms with E-state index in [2.05, 4.69) is 5.32 Å². The van der Waals surface area contributed by atoms with Crippen LogP contribution in [0.2, 0.25) is 0 Å². The summed E-state index contributed by atoms with van der Waals surface area (Å²) in [4.78, 5) is 27.2. The van der Waals surface area contributed by atoms with Crippen molar-refractivity contribution in [1.29, 1.82) is 0 Å². The summed E-state index contributed by atoms with van der Waals surface area (Å²) < 4.78 is 5.67. The lowest BCUT2D eigenvalue weighted by atomic mass is 10.1. The first-order valence-corrected chi connectivity index (χ1v) is 10.4. The monoisotopic (exact) mass is 424 g/mol. The van der Waals surface area contributed by atoms with Gasteiger partial charge in [0.15, 0.2) is 6.61 Å². The summed E-state index contributed by atoms with van der Waals surface area (Å²) in [6.45, 7) is 0.327. The van der Waals surface area contributed by atoms with Crippen LogP contribution in [0.1, 0.15) is 15.9 Å². The first-order chi connectivity index (χ1) is 15.6. The molecular formula is C27H24N2O3. The van der Waals surface area contributed by atoms with Crippen molar-refractivity contribution in [1.82, 2.24) is 4.90 Å². The van der Waals surface area contributed by atoms with Crippen LogP contribution in [0.15, 0.2) is 97.1 Å². The third kappa shape index (κ3) is 5.13. The Morgan fingerprint density at radius 3 is 2.31 bits per heavy atom. The zero-order valence-electron chi connectivity index (χ0n) is 17.8. The highest BCUT2D eigenvalue weighted by atomic mass is 16.5. The summed E-state index contributed by atoms with van der Waals surface area (Å²) in [5.41, 5.74) is 1.93. The molecule has 0 bridgehead atoms. The van der Waals surface area contributed by atoms with Gasteiger partial charge >= 0.3 is 0 Å². The molecule has 0 fully saturated rings. The molecule has 0 atom stereocenters. The number of carbonyl (C=O) groups is 2. The van der Waals surface area contributed by atoms with E-state index in [0.717, 1.165) is 16.3 Å². The summed E-state index contributed by atoms with van der Waals surface area (Å²) in [5, 5.41) is 4.96. The molecule has 0 unspecified atom stereocenters. The normalized spacial score (nSPS) is 10.5. The van der Waals surface area contributed by atoms with Gasteiger partial charge in [0.1, 0.15) is 5.75 Å². The van der Waals surface area contributed by atoms with Gasteiger partial charge in [-0.2, -0.15) is 0 Å². The number of ether oxygens (including phenoxy) is 1. The van der Waals surface area contributed by atoms with Gasteiger partial charge in [0, 0.05) is 13.6 Å². The molecular weight excluding hydrogens is 400 g/mol. The van der Waals surface area contributed by atoms with Gasteiger partial charge in [0.25, 0.3) is 11.8 Å². The fourth-order valence-electron chi connectivity index (χ4n) is 3.51. The highest BCUT2D eigenvalue weighted by Gasteiger charge is 2.17. The number of fused-ring (bicyclic) bond motifs is 1. The molecule has 0 saturated heterocycles. The van der Waals surface area contributed by atoms with Crippen molar-refractivity contribution < 1.29 is 14.3 Å². The van der Waals surface area contributed by atoms with E-state index >= 15 is 0 Å². The first-order valence-electron chi connectivity index (χ1n) is 10.4. The molecule has 2 amide bonds. The number of carbonyl (C=O) groups excluding carboxylic acids is 2. The van der Waals surface area contributed by atoms with Crippen LogP contribution in [0.4, 0.5) is 5.69 Å². The molecule has 0 aromatic heterocycles. The molecule has 5 heteroatoms. The van der Waals surface area contributed by atoms with E-state index in [1.807, 2.05) is 72.8 Å². The van der Waals surface area contributed by atoms with Crippen LogP contribution in [-0.2, 0) is 11.3 Å². The van der Waals surface area contributed by atoms with Crippen molar-refractivity contribution in [2.24, 2.45) is 0 Å². The molecule has 0 aliphatic carbocycles. The van der Waals surface area contributed by atoms with Crippen LogP contribution in [-0.4, -0.2) is 30.4 Å². The summed E-state index contributed by atoms with van der Waals surface area (Å²) in [7, 11) is 1.75. The second kappa shape index (κ2) is 9.79. The molecule has 0 heterocycles. The standard InChI is InChI=1S/C27H24N2O3/c1-29(18-20-9-3-2-4-10-20)27(31)24-13-7-8-14-25(24)28-26(30)19-32-23-16-15-21-11-5-6-12-22(21)17-23/h2-17H,18-19H2,1H3,(H,28,30). The number of anilines is 1. The van der Waals surface area contributed by atoms with Crippen molar-refractivity contribution in [3.05, 3.63) is 108 Å². The fourth-order valence-corrected chi connectivity index (χ4v) is 3.51. The number of benzene rings is 4. The minimum absolute atomic E-state index is 0.152. The van der Waals surface area contributed by atoms with Crippen molar-refractivity contribution in [2.45, 2.75) is 6.54 Å². The number of hydrogen-bond acceptors (Lipinski definition) is 3. The number of para-hydroxylation sites is 1. The minimum atomic E-state index is -0.330. The zero-order chi connectivity index (χ0) is 22.3. The molecule has 1 N–H and O–H groups in total. The number of hydrogen-bond donors (Lipinski definition) is 1. The van der Waals surface area contributed by atoms with Crippen molar-refractivity contribution in [3.63, 3.8) is 0 Å². The molecule has 0 spiro atoms. The van der Waals surface area contributed by atoms with E-state index in [1.165, 1.54) is 0 Å². The zero-order valence-corrected chi connectivity index (χ0v) is 17.8. The van der Waals surface area contributed by atoms with Crippen LogP contribution in [0.25, 0.3) is 10.8 Å². The quantitative estimate of drug-likeness (QED) is 0.447. The maximum atomic E-state index is 13.0. The number of rotatable bonds is 7. The average Bonchev–Trinajstić information content (AvgIpc) is 2.83. The SMILES string of the molecule is CN(Cc1ccccc1)C(=O)c1ccccc1NC(=O)COc1ccc2ccccc2c1. The van der Waals surface area contributed by atoms with Crippen LogP contribution in [0, 0.1) is 0 Å². The topological polar surface area (TPSA) is 58.6 Å². The Kier molecular flexibility index (Phi) is 6.46. The summed E-state index contributed by atoms with van der Waals surface area (Å²) in [6.07, 6.45) is 0. The molecule has 0 aliphatic rings. The third-order valence-electron chi connectivity index (χ3n) is 5.13. The first kappa shape index (κ1) is 21.1. The lowest BCUT2D eigenvalue weighted by Gasteiger charge is -2.19. The third-order valence-corrected chi connectivity index (χ3v) is 5.13. The highest BCUT2D eigenvalue weighted by Crippen LogP contribution is 2.21. The van der Waals surface area contributed by atoms with E-state index in [0.29, 0.717) is 23.5 Å². The van der Waals surface area contributed by atoms with Crippen molar-refractivity contribution in [2.75, 3.05) is 19.0 Å². The Bertz CT molecular complexity index is 1240. The average molecular weight is 425 g/mol. The van der Waals surface area contributed by atoms with Gasteiger partial charge in [-0.05, 0) is 40.6 Å². The van der Waals surface area contributed by atoms with E-state index in [1.54, 1.807) is 36.2 Å². The highest BCUT2D eigenvalue weighted by molar-refractivity contribution is 6.04. The van der Waals surface area contributed by atoms with Gasteiger partial charge in [-0.25, -0.2) is 0 Å². The van der Waals surface area contributed by atoms with Gasteiger partial charge in [-0.1, -0.05) is 72.8 Å². The summed E-state index contributed by atoms with van der Waals surface area (Å²) in [6, 6.07) is 30.4. The van der Waals surface area contributed by atoms with Crippen molar-refractivity contribution in [3.8, 4) is 5.75 Å². The Labute approximate surface area is 187 Å². The van der Waals surface area contributed by atoms with Gasteiger partial charge in [-0.15, -0.1) is 0 Å². The lowest BCUT2D eigenvalue weighted by Crippen LogP contribution is -2.28. The number of nitrogens with zero attached hydrogens (tertiary/aromatic N) is 1. The minimum Gasteiger partial charge on any atom is -0.484 e. The molecule has 32 heavy (non-hydrogen) atoms. The van der Waals surface area contributed by atoms with Gasteiger partial charge < -0.3 is 15.0 Å². The molecule has 0 radical (unpaired) electrons. The Morgan fingerprint density at radius 1 is 0.812 bits per heavy atom. The predicted molar refractivity (Wildman–Crippen MR) is 127 cm³/mol. The van der Waals surface area contributed by atoms with E-state index in [9.17, 15) is 9.59 Å². The van der Waals surface area contributed by atoms with Gasteiger partial charge in [-0.3, -0.25) is 9.59 Å². The van der Waals surface area contributed by atoms with E-state index < -0.39 is 0 Å². The molecule has 4 aromatic carbocycles. The molecule has 0 aliphatic heterocycles. The molecule has 0 saturated carbocycles. The van der Waals surface area contributed by atoms with Crippen LogP contribution in [0.3, 0.4) is 0 Å². The number of nitrogens with one attached hydrogen (secondary N) is 1. The molecule has 5 nitrogen and oxygen atoms in total. The molecule has 4 aromatic rings. The Balaban J connectivity index is 1.40. The molecule has 4 rings (SSSR count). The maximum Gasteiger partial charge on any atom is 0.262 e. The van der Waals surface area contributed by atoms with E-state index in [4.69, 9.17) is 4.74 Å². The summed E-state index contributed by atoms with van der Waals surface area (Å²) >= 11 is 0. The fraction of sp³-hybridized carbons (Fsp3) is 0.111. The maximum absolute atomic E-state index is 13.0. The second-order valence-corrected chi connectivity index (χ2v) is 7.54. The van der Waals surface area contributed by atoms with Crippen LogP contribution < -0.4 is 10.1 Å². The summed E-state index contributed by atoms with van der Waals surface area (Å²) in [5.74, 6) is 0.120. The molecule has 160 valence electrons. The largest absolute Gasteiger partial charge is 0.484 e. The second-order valence-electron chi connectivity index (χ2n) is 7.54. The van der Waals surface area contributed by atoms with E-state index in [-0.39, 0.29) is 18.4 Å².